The van der Waals surface area contributed by atoms with Crippen LogP contribution in [-0.2, 0) is 9.31 Å². The summed E-state index contributed by atoms with van der Waals surface area (Å²) in [5.74, 6) is 1.80. The van der Waals surface area contributed by atoms with Gasteiger partial charge in [0.25, 0.3) is 0 Å². The highest BCUT2D eigenvalue weighted by Crippen LogP contribution is 2.65. The second-order valence-electron chi connectivity index (χ2n) is 7.53. The maximum absolute atomic E-state index is 6.43. The van der Waals surface area contributed by atoms with Crippen molar-refractivity contribution in [1.82, 2.24) is 0 Å². The molecule has 1 saturated heterocycles. The van der Waals surface area contributed by atoms with E-state index in [-0.39, 0.29) is 24.1 Å². The topological polar surface area (TPSA) is 18.5 Å². The van der Waals surface area contributed by atoms with Crippen LogP contribution < -0.4 is 0 Å². The molecule has 0 radical (unpaired) electrons. The van der Waals surface area contributed by atoms with E-state index in [1.165, 1.54) is 6.42 Å². The van der Waals surface area contributed by atoms with Crippen molar-refractivity contribution in [3.8, 4) is 0 Å². The Kier molecular flexibility index (Phi) is 2.87. The maximum atomic E-state index is 6.43. The van der Waals surface area contributed by atoms with Crippen molar-refractivity contribution >= 4 is 18.7 Å². The van der Waals surface area contributed by atoms with Gasteiger partial charge in [-0.2, -0.15) is 0 Å². The summed E-state index contributed by atoms with van der Waals surface area (Å²) in [6.45, 7) is 11.2. The number of rotatable bonds is 2. The predicted molar refractivity (Wildman–Crippen MR) is 74.6 cm³/mol. The zero-order chi connectivity index (χ0) is 13.3. The molecule has 0 aromatic heterocycles. The van der Waals surface area contributed by atoms with Gasteiger partial charge in [0.15, 0.2) is 0 Å². The van der Waals surface area contributed by atoms with Gasteiger partial charge >= 0.3 is 7.12 Å². The fourth-order valence-corrected chi connectivity index (χ4v) is 4.46. The van der Waals surface area contributed by atoms with Gasteiger partial charge in [0.2, 0.25) is 0 Å². The fourth-order valence-electron chi connectivity index (χ4n) is 4.35. The third kappa shape index (κ3) is 1.56. The van der Waals surface area contributed by atoms with Crippen molar-refractivity contribution < 1.29 is 9.31 Å². The summed E-state index contributed by atoms with van der Waals surface area (Å²) in [6, 6.07) is 0. The van der Waals surface area contributed by atoms with Crippen LogP contribution in [0.2, 0.25) is 0 Å². The van der Waals surface area contributed by atoms with E-state index in [4.69, 9.17) is 20.9 Å². The Hall–Kier alpha value is 0.275. The Labute approximate surface area is 116 Å². The summed E-state index contributed by atoms with van der Waals surface area (Å²) in [6.07, 6.45) is 2.68. The Morgan fingerprint density at radius 3 is 2.44 bits per heavy atom. The van der Waals surface area contributed by atoms with Crippen LogP contribution in [0.1, 0.15) is 47.5 Å². The molecule has 18 heavy (non-hydrogen) atoms. The minimum Gasteiger partial charge on any atom is -0.404 e. The second-order valence-corrected chi connectivity index (χ2v) is 8.03. The van der Waals surface area contributed by atoms with Crippen LogP contribution in [0, 0.1) is 23.2 Å². The van der Waals surface area contributed by atoms with E-state index >= 15 is 0 Å². The van der Waals surface area contributed by atoms with Crippen molar-refractivity contribution in [2.75, 3.05) is 0 Å². The van der Waals surface area contributed by atoms with Crippen LogP contribution in [0.15, 0.2) is 0 Å². The van der Waals surface area contributed by atoms with Gasteiger partial charge in [-0.3, -0.25) is 0 Å². The molecule has 0 spiro atoms. The van der Waals surface area contributed by atoms with E-state index in [0.29, 0.717) is 17.3 Å². The molecule has 2 bridgehead atoms. The molecule has 2 nitrogen and oxygen atoms in total. The van der Waals surface area contributed by atoms with Crippen molar-refractivity contribution in [1.29, 1.82) is 0 Å². The summed E-state index contributed by atoms with van der Waals surface area (Å²) in [5, 5.41) is -0.0484. The number of alkyl halides is 1. The monoisotopic (exact) mass is 270 g/mol. The van der Waals surface area contributed by atoms with E-state index in [2.05, 4.69) is 34.6 Å². The first kappa shape index (κ1) is 13.3. The lowest BCUT2D eigenvalue weighted by atomic mass is 9.43. The number of hydrogen-bond donors (Lipinski definition) is 0. The van der Waals surface area contributed by atoms with Gasteiger partial charge in [0.1, 0.15) is 0 Å². The van der Waals surface area contributed by atoms with E-state index in [0.717, 1.165) is 12.3 Å². The molecule has 1 unspecified atom stereocenters. The molecule has 0 amide bonds. The average molecular weight is 271 g/mol. The molecule has 0 aromatic rings. The molecular weight excluding hydrogens is 246 g/mol. The van der Waals surface area contributed by atoms with Gasteiger partial charge in [0, 0.05) is 0 Å². The van der Waals surface area contributed by atoms with E-state index in [1.807, 2.05) is 0 Å². The largest absolute Gasteiger partial charge is 0.477 e. The minimum atomic E-state index is -0.225. The molecule has 4 fully saturated rings. The zero-order valence-electron chi connectivity index (χ0n) is 12.1. The molecule has 102 valence electrons. The van der Waals surface area contributed by atoms with Gasteiger partial charge in [0.05, 0.1) is 17.0 Å². The lowest BCUT2D eigenvalue weighted by Crippen LogP contribution is -2.65. The highest BCUT2D eigenvalue weighted by Gasteiger charge is 2.68. The molecule has 4 aliphatic rings. The average Bonchev–Trinajstić information content (AvgIpc) is 2.63. The molecule has 4 heteroatoms. The van der Waals surface area contributed by atoms with Crippen LogP contribution >= 0.6 is 11.6 Å². The van der Waals surface area contributed by atoms with Gasteiger partial charge in [-0.05, 0) is 42.9 Å². The smallest absolute Gasteiger partial charge is 0.404 e. The minimum absolute atomic E-state index is 0.0484. The first-order chi connectivity index (χ1) is 8.26. The third-order valence-electron chi connectivity index (χ3n) is 5.87. The van der Waals surface area contributed by atoms with Gasteiger partial charge in [-0.1, -0.05) is 27.7 Å². The number of halogens is 1. The highest BCUT2D eigenvalue weighted by atomic mass is 35.5. The summed E-state index contributed by atoms with van der Waals surface area (Å²) in [5.41, 5.74) is 0.286. The van der Waals surface area contributed by atoms with Crippen molar-refractivity contribution in [3.05, 3.63) is 0 Å². The second kappa shape index (κ2) is 3.89. The van der Waals surface area contributed by atoms with E-state index in [1.54, 1.807) is 0 Å². The molecule has 1 heterocycles. The number of hydrogen-bond acceptors (Lipinski definition) is 2. The van der Waals surface area contributed by atoms with Gasteiger partial charge < -0.3 is 9.31 Å². The standard InChI is InChI=1S/C14H24BClO2/c1-8(2)12(16)15-17-11-7-9-6-10(13(9,3)4)14(11,5)18-15/h8-12H,6-7H2,1-5H3/t9-,10-,11+,12?,14-/m0/s1. The normalized spacial score (nSPS) is 46.8. The van der Waals surface area contributed by atoms with Crippen LogP contribution in [0.4, 0.5) is 0 Å². The van der Waals surface area contributed by atoms with Crippen LogP contribution in [0.25, 0.3) is 0 Å². The Balaban J connectivity index is 1.81. The summed E-state index contributed by atoms with van der Waals surface area (Å²) in [4.78, 5) is 0. The van der Waals surface area contributed by atoms with Gasteiger partial charge in [-0.25, -0.2) is 0 Å². The summed E-state index contributed by atoms with van der Waals surface area (Å²) in [7, 11) is -0.225. The predicted octanol–water partition coefficient (Wildman–Crippen LogP) is 3.52. The van der Waals surface area contributed by atoms with Crippen molar-refractivity contribution in [2.45, 2.75) is 64.4 Å². The molecule has 4 rings (SSSR count). The van der Waals surface area contributed by atoms with Crippen LogP contribution in [0.5, 0.6) is 0 Å². The Morgan fingerprint density at radius 1 is 1.22 bits per heavy atom. The maximum Gasteiger partial charge on any atom is 0.477 e. The van der Waals surface area contributed by atoms with Crippen LogP contribution in [-0.4, -0.2) is 24.1 Å². The lowest BCUT2D eigenvalue weighted by Gasteiger charge is -2.64. The Morgan fingerprint density at radius 2 is 1.89 bits per heavy atom. The molecular formula is C14H24BClO2. The quantitative estimate of drug-likeness (QED) is 0.565. The van der Waals surface area contributed by atoms with Crippen molar-refractivity contribution in [3.63, 3.8) is 0 Å². The fraction of sp³-hybridized carbons (Fsp3) is 1.00. The van der Waals surface area contributed by atoms with E-state index in [9.17, 15) is 0 Å². The first-order valence-electron chi connectivity index (χ1n) is 7.24. The van der Waals surface area contributed by atoms with Crippen LogP contribution in [0.3, 0.4) is 0 Å². The molecule has 0 aromatic carbocycles. The zero-order valence-corrected chi connectivity index (χ0v) is 12.8. The molecule has 0 N–H and O–H groups in total. The SMILES string of the molecule is CC(C)C(Cl)B1O[C@@H]2C[C@@H]3C[C@@H](C3(C)C)[C@]2(C)O1. The van der Waals surface area contributed by atoms with E-state index < -0.39 is 0 Å². The van der Waals surface area contributed by atoms with Gasteiger partial charge in [-0.15, -0.1) is 11.6 Å². The Bertz CT molecular complexity index is 360. The third-order valence-corrected chi connectivity index (χ3v) is 6.58. The molecule has 3 aliphatic carbocycles. The lowest BCUT2D eigenvalue weighted by molar-refractivity contribution is -0.199. The molecule has 1 aliphatic heterocycles. The summed E-state index contributed by atoms with van der Waals surface area (Å²) >= 11 is 6.43. The van der Waals surface area contributed by atoms with Crippen molar-refractivity contribution in [2.24, 2.45) is 23.2 Å². The summed E-state index contributed by atoms with van der Waals surface area (Å²) < 4.78 is 12.4. The molecule has 3 saturated carbocycles. The highest BCUT2D eigenvalue weighted by molar-refractivity contribution is 6.60. The molecule has 5 atom stereocenters. The first-order valence-corrected chi connectivity index (χ1v) is 7.67.